The van der Waals surface area contributed by atoms with Crippen LogP contribution in [0.25, 0.3) is 0 Å². The third-order valence-corrected chi connectivity index (χ3v) is 3.75. The fourth-order valence-electron chi connectivity index (χ4n) is 2.55. The van der Waals surface area contributed by atoms with Crippen LogP contribution in [-0.4, -0.2) is 56.2 Å². The van der Waals surface area contributed by atoms with E-state index in [2.05, 4.69) is 23.9 Å². The van der Waals surface area contributed by atoms with Gasteiger partial charge in [-0.05, 0) is 45.6 Å². The maximum Gasteiger partial charge on any atom is 0.121 e. The van der Waals surface area contributed by atoms with Crippen molar-refractivity contribution < 1.29 is 4.74 Å². The number of nitrogens with zero attached hydrogens (tertiary/aromatic N) is 2. The van der Waals surface area contributed by atoms with E-state index in [1.54, 1.807) is 0 Å². The van der Waals surface area contributed by atoms with Gasteiger partial charge in [-0.25, -0.2) is 0 Å². The van der Waals surface area contributed by atoms with Crippen molar-refractivity contribution >= 4 is 5.69 Å². The number of anilines is 1. The summed E-state index contributed by atoms with van der Waals surface area (Å²) in [4.78, 5) is 4.81. The molecule has 1 fully saturated rings. The third-order valence-electron chi connectivity index (χ3n) is 3.75. The number of ether oxygens (including phenoxy) is 1. The van der Waals surface area contributed by atoms with Gasteiger partial charge < -0.3 is 15.4 Å². The summed E-state index contributed by atoms with van der Waals surface area (Å²) in [5, 5.41) is 0. The number of nitrogen functional groups attached to an aromatic ring is 1. The lowest BCUT2D eigenvalue weighted by molar-refractivity contribution is 0.117. The number of hydrogen-bond acceptors (Lipinski definition) is 4. The van der Waals surface area contributed by atoms with Crippen LogP contribution in [0.2, 0.25) is 0 Å². The SMILES string of the molecule is CN(C)C1CCCN(CCOc2cccc(N)c2)C1. The summed E-state index contributed by atoms with van der Waals surface area (Å²) in [5.41, 5.74) is 6.48. The quantitative estimate of drug-likeness (QED) is 0.821. The monoisotopic (exact) mass is 263 g/mol. The number of nitrogens with two attached hydrogens (primary N) is 1. The zero-order valence-electron chi connectivity index (χ0n) is 12.0. The molecule has 2 rings (SSSR count). The largest absolute Gasteiger partial charge is 0.492 e. The van der Waals surface area contributed by atoms with E-state index in [0.29, 0.717) is 6.04 Å². The number of hydrogen-bond donors (Lipinski definition) is 1. The second-order valence-electron chi connectivity index (χ2n) is 5.48. The highest BCUT2D eigenvalue weighted by Gasteiger charge is 2.20. The Labute approximate surface area is 116 Å². The molecule has 0 saturated carbocycles. The van der Waals surface area contributed by atoms with Crippen molar-refractivity contribution in [2.45, 2.75) is 18.9 Å². The van der Waals surface area contributed by atoms with Crippen LogP contribution in [-0.2, 0) is 0 Å². The van der Waals surface area contributed by atoms with Crippen LogP contribution in [0.1, 0.15) is 12.8 Å². The number of likely N-dealkylation sites (N-methyl/N-ethyl adjacent to an activating group) is 1. The molecular weight excluding hydrogens is 238 g/mol. The van der Waals surface area contributed by atoms with Crippen LogP contribution in [0.15, 0.2) is 24.3 Å². The van der Waals surface area contributed by atoms with Crippen molar-refractivity contribution in [2.24, 2.45) is 0 Å². The second-order valence-corrected chi connectivity index (χ2v) is 5.48. The highest BCUT2D eigenvalue weighted by Crippen LogP contribution is 2.16. The van der Waals surface area contributed by atoms with Crippen LogP contribution >= 0.6 is 0 Å². The molecule has 1 aromatic carbocycles. The summed E-state index contributed by atoms with van der Waals surface area (Å²) in [6.07, 6.45) is 2.58. The van der Waals surface area contributed by atoms with Gasteiger partial charge in [0.25, 0.3) is 0 Å². The van der Waals surface area contributed by atoms with E-state index < -0.39 is 0 Å². The fraction of sp³-hybridized carbons (Fsp3) is 0.600. The molecule has 1 unspecified atom stereocenters. The molecule has 1 aliphatic heterocycles. The van der Waals surface area contributed by atoms with Gasteiger partial charge in [0.15, 0.2) is 0 Å². The molecule has 0 radical (unpaired) electrons. The molecule has 0 spiro atoms. The minimum atomic E-state index is 0.682. The Hall–Kier alpha value is -1.26. The van der Waals surface area contributed by atoms with Gasteiger partial charge in [-0.15, -0.1) is 0 Å². The highest BCUT2D eigenvalue weighted by atomic mass is 16.5. The van der Waals surface area contributed by atoms with Gasteiger partial charge in [0.1, 0.15) is 12.4 Å². The maximum absolute atomic E-state index is 5.75. The predicted octanol–water partition coefficient (Wildman–Crippen LogP) is 1.67. The Morgan fingerprint density at radius 3 is 3.00 bits per heavy atom. The topological polar surface area (TPSA) is 41.7 Å². The van der Waals surface area contributed by atoms with Crippen LogP contribution < -0.4 is 10.5 Å². The minimum absolute atomic E-state index is 0.682. The summed E-state index contributed by atoms with van der Waals surface area (Å²) < 4.78 is 5.75. The molecule has 0 aliphatic carbocycles. The zero-order chi connectivity index (χ0) is 13.7. The van der Waals surface area contributed by atoms with Gasteiger partial charge >= 0.3 is 0 Å². The molecule has 1 aromatic rings. The number of likely N-dealkylation sites (tertiary alicyclic amines) is 1. The molecule has 0 aromatic heterocycles. The van der Waals surface area contributed by atoms with Gasteiger partial charge in [-0.2, -0.15) is 0 Å². The highest BCUT2D eigenvalue weighted by molar-refractivity contribution is 5.43. The lowest BCUT2D eigenvalue weighted by atomic mass is 10.1. The summed E-state index contributed by atoms with van der Waals surface area (Å²) in [7, 11) is 4.33. The van der Waals surface area contributed by atoms with Crippen LogP contribution in [0.4, 0.5) is 5.69 Å². The summed E-state index contributed by atoms with van der Waals surface area (Å²) in [5.74, 6) is 0.862. The van der Waals surface area contributed by atoms with Crippen molar-refractivity contribution in [1.29, 1.82) is 0 Å². The molecule has 0 bridgehead atoms. The van der Waals surface area contributed by atoms with Crippen molar-refractivity contribution in [1.82, 2.24) is 9.80 Å². The van der Waals surface area contributed by atoms with Crippen molar-refractivity contribution in [2.75, 3.05) is 46.1 Å². The Kier molecular flexibility index (Phi) is 5.05. The van der Waals surface area contributed by atoms with Crippen LogP contribution in [0.5, 0.6) is 5.75 Å². The lowest BCUT2D eigenvalue weighted by Crippen LogP contribution is -2.46. The average Bonchev–Trinajstić information content (AvgIpc) is 2.39. The average molecular weight is 263 g/mol. The Morgan fingerprint density at radius 1 is 1.42 bits per heavy atom. The first kappa shape index (κ1) is 14.2. The Balaban J connectivity index is 1.73. The minimum Gasteiger partial charge on any atom is -0.492 e. The molecule has 4 heteroatoms. The molecule has 0 amide bonds. The molecule has 1 heterocycles. The Morgan fingerprint density at radius 2 is 2.26 bits per heavy atom. The smallest absolute Gasteiger partial charge is 0.121 e. The summed E-state index contributed by atoms with van der Waals surface area (Å²) in [6, 6.07) is 8.31. The van der Waals surface area contributed by atoms with Crippen molar-refractivity contribution in [3.05, 3.63) is 24.3 Å². The molecule has 1 saturated heterocycles. The first-order chi connectivity index (χ1) is 9.15. The summed E-state index contributed by atoms with van der Waals surface area (Å²) >= 11 is 0. The third kappa shape index (κ3) is 4.40. The molecular formula is C15H25N3O. The molecule has 106 valence electrons. The van der Waals surface area contributed by atoms with Crippen LogP contribution in [0, 0.1) is 0 Å². The summed E-state index contributed by atoms with van der Waals surface area (Å²) in [6.45, 7) is 4.04. The molecule has 1 aliphatic rings. The predicted molar refractivity (Wildman–Crippen MR) is 79.5 cm³/mol. The molecule has 1 atom stereocenters. The van der Waals surface area contributed by atoms with E-state index in [1.807, 2.05) is 24.3 Å². The van der Waals surface area contributed by atoms with Crippen molar-refractivity contribution in [3.63, 3.8) is 0 Å². The first-order valence-electron chi connectivity index (χ1n) is 7.02. The molecule has 19 heavy (non-hydrogen) atoms. The number of rotatable bonds is 5. The molecule has 2 N–H and O–H groups in total. The van der Waals surface area contributed by atoms with E-state index >= 15 is 0 Å². The van der Waals surface area contributed by atoms with E-state index in [-0.39, 0.29) is 0 Å². The van der Waals surface area contributed by atoms with E-state index in [1.165, 1.54) is 19.4 Å². The van der Waals surface area contributed by atoms with E-state index in [4.69, 9.17) is 10.5 Å². The number of piperidine rings is 1. The van der Waals surface area contributed by atoms with E-state index in [0.717, 1.165) is 31.1 Å². The van der Waals surface area contributed by atoms with Gasteiger partial charge in [0, 0.05) is 30.9 Å². The van der Waals surface area contributed by atoms with Gasteiger partial charge in [0.2, 0.25) is 0 Å². The zero-order valence-corrected chi connectivity index (χ0v) is 12.0. The molecule has 4 nitrogen and oxygen atoms in total. The van der Waals surface area contributed by atoms with E-state index in [9.17, 15) is 0 Å². The van der Waals surface area contributed by atoms with Crippen molar-refractivity contribution in [3.8, 4) is 5.75 Å². The van der Waals surface area contributed by atoms with Gasteiger partial charge in [-0.3, -0.25) is 4.90 Å². The fourth-order valence-corrected chi connectivity index (χ4v) is 2.55. The second kappa shape index (κ2) is 6.78. The van der Waals surface area contributed by atoms with Gasteiger partial charge in [-0.1, -0.05) is 6.07 Å². The van der Waals surface area contributed by atoms with Gasteiger partial charge in [0.05, 0.1) is 0 Å². The lowest BCUT2D eigenvalue weighted by Gasteiger charge is -2.36. The first-order valence-corrected chi connectivity index (χ1v) is 7.02. The maximum atomic E-state index is 5.75. The Bertz CT molecular complexity index is 395. The standard InChI is InChI=1S/C15H25N3O/c1-17(2)14-6-4-8-18(12-14)9-10-19-15-7-3-5-13(16)11-15/h3,5,7,11,14H,4,6,8-10,12,16H2,1-2H3. The number of benzene rings is 1. The van der Waals surface area contributed by atoms with Crippen LogP contribution in [0.3, 0.4) is 0 Å². The normalized spacial score (nSPS) is 20.7.